The molecule has 2 atom stereocenters. The molecule has 0 radical (unpaired) electrons. The maximum absolute atomic E-state index is 5.98. The van der Waals surface area contributed by atoms with Crippen LogP contribution in [0.4, 0.5) is 0 Å². The normalized spacial score (nSPS) is 19.6. The van der Waals surface area contributed by atoms with Gasteiger partial charge in [-0.2, -0.15) is 0 Å². The first-order chi connectivity index (χ1) is 8.85. The van der Waals surface area contributed by atoms with E-state index in [9.17, 15) is 0 Å². The second-order valence-electron chi connectivity index (χ2n) is 4.24. The fraction of sp³-hybridized carbons (Fsp3) is 0.571. The summed E-state index contributed by atoms with van der Waals surface area (Å²) in [5.74, 6) is 1.63. The van der Waals surface area contributed by atoms with Crippen LogP contribution in [0.15, 0.2) is 24.3 Å². The van der Waals surface area contributed by atoms with Crippen molar-refractivity contribution in [3.05, 3.63) is 24.3 Å². The van der Waals surface area contributed by atoms with Crippen molar-refractivity contribution < 1.29 is 14.2 Å². The Morgan fingerprint density at radius 1 is 1.33 bits per heavy atom. The SMILES string of the molecule is CCNC(COCC)C1COc2ccccc2O1. The summed E-state index contributed by atoms with van der Waals surface area (Å²) in [4.78, 5) is 0. The van der Waals surface area contributed by atoms with Gasteiger partial charge in [0.05, 0.1) is 12.6 Å². The van der Waals surface area contributed by atoms with E-state index >= 15 is 0 Å². The van der Waals surface area contributed by atoms with Gasteiger partial charge in [-0.3, -0.25) is 0 Å². The van der Waals surface area contributed by atoms with Crippen LogP contribution in [-0.4, -0.2) is 38.5 Å². The molecule has 0 spiro atoms. The van der Waals surface area contributed by atoms with Crippen LogP contribution in [0.1, 0.15) is 13.8 Å². The summed E-state index contributed by atoms with van der Waals surface area (Å²) in [5.41, 5.74) is 0. The maximum Gasteiger partial charge on any atom is 0.161 e. The highest BCUT2D eigenvalue weighted by molar-refractivity contribution is 5.40. The number of likely N-dealkylation sites (N-methyl/N-ethyl adjacent to an activating group) is 1. The van der Waals surface area contributed by atoms with Crippen molar-refractivity contribution in [1.82, 2.24) is 5.32 Å². The van der Waals surface area contributed by atoms with Crippen molar-refractivity contribution in [3.63, 3.8) is 0 Å². The van der Waals surface area contributed by atoms with E-state index in [1.807, 2.05) is 31.2 Å². The molecule has 4 heteroatoms. The van der Waals surface area contributed by atoms with Gasteiger partial charge in [0, 0.05) is 6.61 Å². The lowest BCUT2D eigenvalue weighted by atomic mass is 10.1. The van der Waals surface area contributed by atoms with E-state index in [2.05, 4.69) is 12.2 Å². The van der Waals surface area contributed by atoms with Crippen LogP contribution in [0.3, 0.4) is 0 Å². The van der Waals surface area contributed by atoms with E-state index in [0.29, 0.717) is 19.8 Å². The first-order valence-corrected chi connectivity index (χ1v) is 6.54. The number of nitrogens with one attached hydrogen (secondary N) is 1. The molecule has 1 aromatic rings. The number of hydrogen-bond donors (Lipinski definition) is 1. The predicted octanol–water partition coefficient (Wildman–Crippen LogP) is 1.84. The zero-order chi connectivity index (χ0) is 12.8. The molecule has 1 aliphatic rings. The van der Waals surface area contributed by atoms with Gasteiger partial charge in [0.25, 0.3) is 0 Å². The third kappa shape index (κ3) is 3.15. The molecule has 2 rings (SSSR count). The fourth-order valence-electron chi connectivity index (χ4n) is 2.04. The third-order valence-corrected chi connectivity index (χ3v) is 2.95. The van der Waals surface area contributed by atoms with E-state index in [1.165, 1.54) is 0 Å². The quantitative estimate of drug-likeness (QED) is 0.837. The maximum atomic E-state index is 5.98. The van der Waals surface area contributed by atoms with Gasteiger partial charge in [-0.25, -0.2) is 0 Å². The highest BCUT2D eigenvalue weighted by Crippen LogP contribution is 2.31. The van der Waals surface area contributed by atoms with Crippen molar-refractivity contribution in [1.29, 1.82) is 0 Å². The van der Waals surface area contributed by atoms with E-state index in [-0.39, 0.29) is 12.1 Å². The Labute approximate surface area is 108 Å². The summed E-state index contributed by atoms with van der Waals surface area (Å²) in [7, 11) is 0. The lowest BCUT2D eigenvalue weighted by Gasteiger charge is -2.32. The Kier molecular flexibility index (Phi) is 4.84. The van der Waals surface area contributed by atoms with Crippen molar-refractivity contribution in [2.75, 3.05) is 26.4 Å². The number of ether oxygens (including phenoxy) is 3. The van der Waals surface area contributed by atoms with Crippen LogP contribution in [0.25, 0.3) is 0 Å². The van der Waals surface area contributed by atoms with E-state index < -0.39 is 0 Å². The monoisotopic (exact) mass is 251 g/mol. The zero-order valence-corrected chi connectivity index (χ0v) is 11.0. The van der Waals surface area contributed by atoms with Crippen LogP contribution < -0.4 is 14.8 Å². The lowest BCUT2D eigenvalue weighted by molar-refractivity contribution is 0.0237. The van der Waals surface area contributed by atoms with Gasteiger partial charge < -0.3 is 19.5 Å². The summed E-state index contributed by atoms with van der Waals surface area (Å²) in [5, 5.41) is 3.39. The molecule has 1 aromatic carbocycles. The van der Waals surface area contributed by atoms with E-state index in [4.69, 9.17) is 14.2 Å². The fourth-order valence-corrected chi connectivity index (χ4v) is 2.04. The molecule has 0 aliphatic carbocycles. The molecule has 18 heavy (non-hydrogen) atoms. The Morgan fingerprint density at radius 2 is 2.11 bits per heavy atom. The number of benzene rings is 1. The van der Waals surface area contributed by atoms with Gasteiger partial charge in [0.1, 0.15) is 6.61 Å². The van der Waals surface area contributed by atoms with Gasteiger partial charge >= 0.3 is 0 Å². The molecular weight excluding hydrogens is 230 g/mol. The molecule has 1 N–H and O–H groups in total. The first-order valence-electron chi connectivity index (χ1n) is 6.54. The average molecular weight is 251 g/mol. The molecule has 0 aromatic heterocycles. The highest BCUT2D eigenvalue weighted by Gasteiger charge is 2.28. The van der Waals surface area contributed by atoms with Gasteiger partial charge in [0.2, 0.25) is 0 Å². The second kappa shape index (κ2) is 6.61. The standard InChI is InChI=1S/C14H21NO3/c1-3-15-11(9-16-4-2)14-10-17-12-7-5-6-8-13(12)18-14/h5-8,11,14-15H,3-4,9-10H2,1-2H3. The first kappa shape index (κ1) is 13.2. The van der Waals surface area contributed by atoms with Crippen molar-refractivity contribution in [2.45, 2.75) is 26.0 Å². The van der Waals surface area contributed by atoms with Gasteiger partial charge in [0.15, 0.2) is 17.6 Å². The topological polar surface area (TPSA) is 39.7 Å². The molecule has 0 saturated carbocycles. The summed E-state index contributed by atoms with van der Waals surface area (Å²) >= 11 is 0. The minimum absolute atomic E-state index is 0.00796. The molecule has 0 bridgehead atoms. The van der Waals surface area contributed by atoms with Crippen molar-refractivity contribution >= 4 is 0 Å². The minimum Gasteiger partial charge on any atom is -0.486 e. The molecule has 0 saturated heterocycles. The van der Waals surface area contributed by atoms with E-state index in [1.54, 1.807) is 0 Å². The van der Waals surface area contributed by atoms with Gasteiger partial charge in [-0.05, 0) is 25.6 Å². The summed E-state index contributed by atoms with van der Waals surface area (Å²) in [6.07, 6.45) is -0.00796. The largest absolute Gasteiger partial charge is 0.486 e. The molecule has 0 fully saturated rings. The Hall–Kier alpha value is -1.26. The average Bonchev–Trinajstić information content (AvgIpc) is 2.43. The van der Waals surface area contributed by atoms with Gasteiger partial charge in [-0.1, -0.05) is 19.1 Å². The molecule has 1 heterocycles. The van der Waals surface area contributed by atoms with E-state index in [0.717, 1.165) is 18.0 Å². The zero-order valence-electron chi connectivity index (χ0n) is 11.0. The highest BCUT2D eigenvalue weighted by atomic mass is 16.6. The van der Waals surface area contributed by atoms with Crippen LogP contribution in [0.2, 0.25) is 0 Å². The smallest absolute Gasteiger partial charge is 0.161 e. The molecule has 1 aliphatic heterocycles. The minimum atomic E-state index is -0.00796. The summed E-state index contributed by atoms with van der Waals surface area (Å²) < 4.78 is 17.2. The lowest BCUT2D eigenvalue weighted by Crippen LogP contribution is -2.50. The number of para-hydroxylation sites is 2. The van der Waals surface area contributed by atoms with Crippen LogP contribution in [0.5, 0.6) is 11.5 Å². The number of rotatable bonds is 6. The Morgan fingerprint density at radius 3 is 2.83 bits per heavy atom. The number of fused-ring (bicyclic) bond motifs is 1. The Balaban J connectivity index is 2.00. The van der Waals surface area contributed by atoms with Crippen LogP contribution in [0, 0.1) is 0 Å². The third-order valence-electron chi connectivity index (χ3n) is 2.95. The number of hydrogen-bond acceptors (Lipinski definition) is 4. The second-order valence-corrected chi connectivity index (χ2v) is 4.24. The van der Waals surface area contributed by atoms with Gasteiger partial charge in [-0.15, -0.1) is 0 Å². The predicted molar refractivity (Wildman–Crippen MR) is 70.3 cm³/mol. The summed E-state index contributed by atoms with van der Waals surface area (Å²) in [6.45, 7) is 6.88. The molecule has 0 amide bonds. The molecule has 100 valence electrons. The Bertz CT molecular complexity index is 370. The van der Waals surface area contributed by atoms with Crippen LogP contribution >= 0.6 is 0 Å². The van der Waals surface area contributed by atoms with Crippen molar-refractivity contribution in [3.8, 4) is 11.5 Å². The summed E-state index contributed by atoms with van der Waals surface area (Å²) in [6, 6.07) is 7.92. The van der Waals surface area contributed by atoms with Crippen LogP contribution in [-0.2, 0) is 4.74 Å². The van der Waals surface area contributed by atoms with Crippen molar-refractivity contribution in [2.24, 2.45) is 0 Å². The molecule has 2 unspecified atom stereocenters. The molecule has 4 nitrogen and oxygen atoms in total. The molecular formula is C14H21NO3.